The van der Waals surface area contributed by atoms with Crippen molar-refractivity contribution in [1.29, 1.82) is 0 Å². The van der Waals surface area contributed by atoms with Gasteiger partial charge in [-0.25, -0.2) is 0 Å². The highest BCUT2D eigenvalue weighted by Gasteiger charge is 2.23. The van der Waals surface area contributed by atoms with Crippen LogP contribution in [0.25, 0.3) is 0 Å². The summed E-state index contributed by atoms with van der Waals surface area (Å²) in [6.07, 6.45) is 6.23. The topological polar surface area (TPSA) is 56.8 Å². The number of carbonyl (C=O) groups is 1. The van der Waals surface area contributed by atoms with Crippen molar-refractivity contribution in [2.24, 2.45) is 0 Å². The van der Waals surface area contributed by atoms with E-state index >= 15 is 0 Å². The molecule has 0 radical (unpaired) electrons. The molecule has 30 heavy (non-hydrogen) atoms. The summed E-state index contributed by atoms with van der Waals surface area (Å²) in [5, 5.41) is 3.00. The van der Waals surface area contributed by atoms with Gasteiger partial charge < -0.3 is 19.5 Å². The van der Waals surface area contributed by atoms with Crippen LogP contribution in [0, 0.1) is 0 Å². The van der Waals surface area contributed by atoms with Crippen molar-refractivity contribution in [3.8, 4) is 11.5 Å². The molecule has 1 aromatic carbocycles. The summed E-state index contributed by atoms with van der Waals surface area (Å²) in [6, 6.07) is 6.19. The highest BCUT2D eigenvalue weighted by atomic mass is 16.5. The molecule has 1 aromatic rings. The van der Waals surface area contributed by atoms with Gasteiger partial charge in [0.1, 0.15) is 28.8 Å². The van der Waals surface area contributed by atoms with Crippen molar-refractivity contribution in [2.45, 2.75) is 104 Å². The Kier molecular flexibility index (Phi) is 9.02. The maximum absolute atomic E-state index is 12.0. The minimum atomic E-state index is -0.249. The molecule has 0 saturated carbocycles. The molecule has 1 atom stereocenters. The van der Waals surface area contributed by atoms with Crippen LogP contribution in [0.3, 0.4) is 0 Å². The number of carbonyl (C=O) groups excluding carboxylic acids is 1. The van der Waals surface area contributed by atoms with Crippen LogP contribution in [0.15, 0.2) is 18.2 Å². The zero-order valence-electron chi connectivity index (χ0n) is 19.8. The first-order chi connectivity index (χ1) is 14.2. The highest BCUT2D eigenvalue weighted by molar-refractivity contribution is 5.80. The van der Waals surface area contributed by atoms with Gasteiger partial charge >= 0.3 is 0 Å². The van der Waals surface area contributed by atoms with Crippen molar-refractivity contribution in [3.63, 3.8) is 0 Å². The molecule has 1 aliphatic rings. The molecular weight excluding hydrogens is 378 g/mol. The third kappa shape index (κ3) is 7.82. The fraction of sp³-hybridized carbons (Fsp3) is 0.720. The Morgan fingerprint density at radius 2 is 1.80 bits per heavy atom. The number of rotatable bonds is 12. The van der Waals surface area contributed by atoms with Crippen LogP contribution in [0.5, 0.6) is 11.5 Å². The number of ether oxygens (including phenoxy) is 3. The number of amides is 1. The van der Waals surface area contributed by atoms with E-state index < -0.39 is 0 Å². The first kappa shape index (κ1) is 24.5. The lowest BCUT2D eigenvalue weighted by atomic mass is 10.0. The van der Waals surface area contributed by atoms with E-state index in [0.717, 1.165) is 56.4 Å². The Labute approximate surface area is 182 Å². The summed E-state index contributed by atoms with van der Waals surface area (Å²) >= 11 is 0. The van der Waals surface area contributed by atoms with Gasteiger partial charge in [-0.3, -0.25) is 4.79 Å². The predicted molar refractivity (Wildman–Crippen MR) is 121 cm³/mol. The minimum absolute atomic E-state index is 0.0289. The summed E-state index contributed by atoms with van der Waals surface area (Å²) in [5.41, 5.74) is 0.743. The second-order valence-electron chi connectivity index (χ2n) is 9.45. The van der Waals surface area contributed by atoms with Gasteiger partial charge in [-0.2, -0.15) is 0 Å². The average molecular weight is 420 g/mol. The first-order valence-electron chi connectivity index (χ1n) is 11.6. The Balaban J connectivity index is 1.94. The van der Waals surface area contributed by atoms with E-state index in [-0.39, 0.29) is 23.2 Å². The molecular formula is C25H41NO4. The quantitative estimate of drug-likeness (QED) is 0.458. The largest absolute Gasteiger partial charge is 0.488 e. The zero-order valence-corrected chi connectivity index (χ0v) is 19.8. The van der Waals surface area contributed by atoms with Crippen LogP contribution in [0.4, 0.5) is 0 Å². The molecule has 1 amide bonds. The molecule has 1 unspecified atom stereocenters. The number of aryl methyl sites for hydroxylation is 1. The van der Waals surface area contributed by atoms with E-state index in [4.69, 9.17) is 14.2 Å². The van der Waals surface area contributed by atoms with Gasteiger partial charge in [-0.15, -0.1) is 0 Å². The van der Waals surface area contributed by atoms with Crippen molar-refractivity contribution in [2.75, 3.05) is 13.2 Å². The maximum Gasteiger partial charge on any atom is 0.249 e. The lowest BCUT2D eigenvalue weighted by molar-refractivity contribution is -0.130. The Morgan fingerprint density at radius 3 is 2.43 bits per heavy atom. The number of hydrogen-bond donors (Lipinski definition) is 1. The third-order valence-corrected chi connectivity index (χ3v) is 5.92. The van der Waals surface area contributed by atoms with Gasteiger partial charge in [0, 0.05) is 19.2 Å². The van der Waals surface area contributed by atoms with Crippen molar-refractivity contribution in [3.05, 3.63) is 23.8 Å². The minimum Gasteiger partial charge on any atom is -0.488 e. The predicted octanol–water partition coefficient (Wildman–Crippen LogP) is 5.44. The second-order valence-corrected chi connectivity index (χ2v) is 9.45. The average Bonchev–Trinajstić information content (AvgIpc) is 3.23. The SMILES string of the molecule is CCC(C)(C)Oc1ccc(CCCCNC(=O)C2CCCO2)c(OC(C)(C)CC)c1. The summed E-state index contributed by atoms with van der Waals surface area (Å²) in [7, 11) is 0. The molecule has 1 fully saturated rings. The summed E-state index contributed by atoms with van der Waals surface area (Å²) in [4.78, 5) is 12.0. The van der Waals surface area contributed by atoms with E-state index in [1.165, 1.54) is 5.56 Å². The Hall–Kier alpha value is -1.75. The normalized spacial score (nSPS) is 17.1. The van der Waals surface area contributed by atoms with Crippen LogP contribution in [0.2, 0.25) is 0 Å². The molecule has 170 valence electrons. The lowest BCUT2D eigenvalue weighted by Crippen LogP contribution is -2.34. The Bertz CT molecular complexity index is 678. The van der Waals surface area contributed by atoms with Crippen LogP contribution in [0.1, 0.15) is 85.6 Å². The molecule has 1 aliphatic heterocycles. The number of benzene rings is 1. The zero-order chi connectivity index (χ0) is 22.2. The molecule has 2 rings (SSSR count). The van der Waals surface area contributed by atoms with Crippen LogP contribution in [-0.2, 0) is 16.0 Å². The van der Waals surface area contributed by atoms with Gasteiger partial charge in [0.15, 0.2) is 0 Å². The number of nitrogens with one attached hydrogen (secondary N) is 1. The lowest BCUT2D eigenvalue weighted by Gasteiger charge is -2.29. The molecule has 0 aromatic heterocycles. The molecule has 0 bridgehead atoms. The summed E-state index contributed by atoms with van der Waals surface area (Å²) < 4.78 is 18.0. The fourth-order valence-corrected chi connectivity index (χ4v) is 3.21. The van der Waals surface area contributed by atoms with Gasteiger partial charge in [0.25, 0.3) is 0 Å². The van der Waals surface area contributed by atoms with Gasteiger partial charge in [0.05, 0.1) is 0 Å². The third-order valence-electron chi connectivity index (χ3n) is 5.92. The van der Waals surface area contributed by atoms with Crippen LogP contribution >= 0.6 is 0 Å². The molecule has 1 heterocycles. The summed E-state index contributed by atoms with van der Waals surface area (Å²) in [5.74, 6) is 1.77. The maximum atomic E-state index is 12.0. The standard InChI is InChI=1S/C25H41NO4/c1-7-24(3,4)29-20-15-14-19(22(18-20)30-25(5,6)8-2)12-9-10-16-26-23(27)21-13-11-17-28-21/h14-15,18,21H,7-13,16-17H2,1-6H3,(H,26,27). The van der Waals surface area contributed by atoms with Gasteiger partial charge in [0.2, 0.25) is 5.91 Å². The Morgan fingerprint density at radius 1 is 1.10 bits per heavy atom. The highest BCUT2D eigenvalue weighted by Crippen LogP contribution is 2.32. The van der Waals surface area contributed by atoms with E-state index in [0.29, 0.717) is 13.2 Å². The molecule has 0 aliphatic carbocycles. The molecule has 1 N–H and O–H groups in total. The smallest absolute Gasteiger partial charge is 0.249 e. The van der Waals surface area contributed by atoms with E-state index in [1.807, 2.05) is 12.1 Å². The van der Waals surface area contributed by atoms with Crippen molar-refractivity contribution in [1.82, 2.24) is 5.32 Å². The molecule has 0 spiro atoms. The van der Waals surface area contributed by atoms with Crippen LogP contribution < -0.4 is 14.8 Å². The number of hydrogen-bond acceptors (Lipinski definition) is 4. The first-order valence-corrected chi connectivity index (χ1v) is 11.6. The van der Waals surface area contributed by atoms with Gasteiger partial charge in [-0.1, -0.05) is 19.9 Å². The molecule has 5 heteroatoms. The van der Waals surface area contributed by atoms with E-state index in [2.05, 4.69) is 52.9 Å². The molecule has 5 nitrogen and oxygen atoms in total. The molecule has 1 saturated heterocycles. The fourth-order valence-electron chi connectivity index (χ4n) is 3.21. The monoisotopic (exact) mass is 419 g/mol. The van der Waals surface area contributed by atoms with E-state index in [1.54, 1.807) is 0 Å². The summed E-state index contributed by atoms with van der Waals surface area (Å²) in [6.45, 7) is 14.1. The number of unbranched alkanes of at least 4 members (excludes halogenated alkanes) is 1. The van der Waals surface area contributed by atoms with E-state index in [9.17, 15) is 4.79 Å². The van der Waals surface area contributed by atoms with Gasteiger partial charge in [-0.05, 0) is 84.3 Å². The van der Waals surface area contributed by atoms with Crippen LogP contribution in [-0.4, -0.2) is 36.4 Å². The van der Waals surface area contributed by atoms with Crippen molar-refractivity contribution < 1.29 is 19.0 Å². The second kappa shape index (κ2) is 11.0. The van der Waals surface area contributed by atoms with Crippen molar-refractivity contribution >= 4 is 5.91 Å².